The normalized spacial score (nSPS) is 18.1. The molecule has 1 aromatic carbocycles. The smallest absolute Gasteiger partial charge is 0.0345 e. The number of benzene rings is 1. The number of hydrogen-bond acceptors (Lipinski definition) is 3. The van der Waals surface area contributed by atoms with E-state index in [4.69, 9.17) is 5.84 Å². The molecule has 1 heterocycles. The molecule has 3 N–H and O–H groups in total. The maximum Gasteiger partial charge on any atom is 0.0345 e. The fourth-order valence-corrected chi connectivity index (χ4v) is 4.59. The van der Waals surface area contributed by atoms with E-state index >= 15 is 0 Å². The minimum atomic E-state index is 0.407. The summed E-state index contributed by atoms with van der Waals surface area (Å²) in [4.78, 5) is 0. The molecule has 3 heteroatoms. The van der Waals surface area contributed by atoms with E-state index in [2.05, 4.69) is 35.1 Å². The van der Waals surface area contributed by atoms with Gasteiger partial charge in [0.2, 0.25) is 0 Å². The van der Waals surface area contributed by atoms with Crippen LogP contribution in [0.2, 0.25) is 0 Å². The molecule has 1 aromatic heterocycles. The van der Waals surface area contributed by atoms with Crippen molar-refractivity contribution in [3.05, 3.63) is 35.2 Å². The topological polar surface area (TPSA) is 38.0 Å². The highest BCUT2D eigenvalue weighted by Crippen LogP contribution is 2.30. The summed E-state index contributed by atoms with van der Waals surface area (Å²) in [5, 5.41) is 3.70. The van der Waals surface area contributed by atoms with Crippen molar-refractivity contribution in [3.8, 4) is 0 Å². The predicted octanol–water partition coefficient (Wildman–Crippen LogP) is 4.64. The van der Waals surface area contributed by atoms with Crippen LogP contribution in [0, 0.1) is 5.92 Å². The highest BCUT2D eigenvalue weighted by molar-refractivity contribution is 7.17. The average molecular weight is 302 g/mol. The van der Waals surface area contributed by atoms with Crippen molar-refractivity contribution in [2.75, 3.05) is 0 Å². The van der Waals surface area contributed by atoms with Gasteiger partial charge in [0.05, 0.1) is 0 Å². The van der Waals surface area contributed by atoms with E-state index in [9.17, 15) is 0 Å². The molecule has 1 aliphatic rings. The molecule has 1 saturated carbocycles. The molecule has 0 saturated heterocycles. The van der Waals surface area contributed by atoms with Gasteiger partial charge in [0.1, 0.15) is 0 Å². The van der Waals surface area contributed by atoms with Crippen LogP contribution in [0.1, 0.15) is 50.5 Å². The van der Waals surface area contributed by atoms with Gasteiger partial charge in [0, 0.05) is 10.7 Å². The molecule has 2 aromatic rings. The molecule has 0 amide bonds. The Morgan fingerprint density at radius 1 is 1.19 bits per heavy atom. The van der Waals surface area contributed by atoms with Crippen molar-refractivity contribution < 1.29 is 0 Å². The zero-order valence-corrected chi connectivity index (χ0v) is 13.5. The standard InChI is InChI=1S/C18H26N2S/c19-20-16(11-10-14-6-2-1-3-7-14)12-15-13-21-18-9-5-4-8-17(15)18/h4-5,8-9,13-14,16,20H,1-3,6-7,10-12,19H2. The third kappa shape index (κ3) is 3.85. The molecule has 1 fully saturated rings. The van der Waals surface area contributed by atoms with Crippen LogP contribution >= 0.6 is 11.3 Å². The molecular weight excluding hydrogens is 276 g/mol. The van der Waals surface area contributed by atoms with E-state index in [1.165, 1.54) is 60.6 Å². The number of fused-ring (bicyclic) bond motifs is 1. The number of nitrogens with two attached hydrogens (primary N) is 1. The summed E-state index contributed by atoms with van der Waals surface area (Å²) in [5.41, 5.74) is 4.50. The maximum atomic E-state index is 5.80. The maximum absolute atomic E-state index is 5.80. The zero-order chi connectivity index (χ0) is 14.5. The number of thiophene rings is 1. The minimum Gasteiger partial charge on any atom is -0.271 e. The molecule has 21 heavy (non-hydrogen) atoms. The van der Waals surface area contributed by atoms with Gasteiger partial charge in [-0.15, -0.1) is 11.3 Å². The van der Waals surface area contributed by atoms with Crippen LogP contribution in [0.15, 0.2) is 29.6 Å². The SMILES string of the molecule is NNC(CCC1CCCCC1)Cc1csc2ccccc12. The van der Waals surface area contributed by atoms with E-state index in [0.29, 0.717) is 6.04 Å². The summed E-state index contributed by atoms with van der Waals surface area (Å²) >= 11 is 1.84. The van der Waals surface area contributed by atoms with Crippen molar-refractivity contribution in [1.82, 2.24) is 5.43 Å². The lowest BCUT2D eigenvalue weighted by molar-refractivity contribution is 0.313. The fraction of sp³-hybridized carbons (Fsp3) is 0.556. The molecule has 1 atom stereocenters. The molecule has 1 aliphatic carbocycles. The Balaban J connectivity index is 1.58. The largest absolute Gasteiger partial charge is 0.271 e. The average Bonchev–Trinajstić information content (AvgIpc) is 2.95. The van der Waals surface area contributed by atoms with Crippen LogP contribution in [0.4, 0.5) is 0 Å². The third-order valence-corrected chi connectivity index (χ3v) is 5.92. The Morgan fingerprint density at radius 2 is 2.00 bits per heavy atom. The zero-order valence-electron chi connectivity index (χ0n) is 12.7. The predicted molar refractivity (Wildman–Crippen MR) is 92.4 cm³/mol. The summed E-state index contributed by atoms with van der Waals surface area (Å²) in [6.07, 6.45) is 10.7. The van der Waals surface area contributed by atoms with Crippen LogP contribution in [-0.2, 0) is 6.42 Å². The van der Waals surface area contributed by atoms with Gasteiger partial charge in [-0.3, -0.25) is 11.3 Å². The summed E-state index contributed by atoms with van der Waals surface area (Å²) in [6.45, 7) is 0. The number of hydrogen-bond donors (Lipinski definition) is 2. The second kappa shape index (κ2) is 7.39. The Hall–Kier alpha value is -0.900. The van der Waals surface area contributed by atoms with Gasteiger partial charge in [0.25, 0.3) is 0 Å². The lowest BCUT2D eigenvalue weighted by atomic mass is 9.84. The van der Waals surface area contributed by atoms with Crippen LogP contribution < -0.4 is 11.3 Å². The van der Waals surface area contributed by atoms with Gasteiger partial charge in [0.15, 0.2) is 0 Å². The fourth-order valence-electron chi connectivity index (χ4n) is 3.61. The van der Waals surface area contributed by atoms with Crippen LogP contribution in [0.25, 0.3) is 10.1 Å². The van der Waals surface area contributed by atoms with Crippen molar-refractivity contribution in [2.45, 2.75) is 57.4 Å². The molecule has 0 bridgehead atoms. The number of nitrogens with one attached hydrogen (secondary N) is 1. The molecule has 2 nitrogen and oxygen atoms in total. The van der Waals surface area contributed by atoms with E-state index in [0.717, 1.165) is 12.3 Å². The van der Waals surface area contributed by atoms with E-state index in [1.807, 2.05) is 11.3 Å². The first-order valence-electron chi connectivity index (χ1n) is 8.28. The second-order valence-corrected chi connectivity index (χ2v) is 7.32. The Morgan fingerprint density at radius 3 is 2.81 bits per heavy atom. The first-order valence-corrected chi connectivity index (χ1v) is 9.16. The first-order chi connectivity index (χ1) is 10.4. The van der Waals surface area contributed by atoms with Gasteiger partial charge in [-0.1, -0.05) is 50.3 Å². The van der Waals surface area contributed by atoms with E-state index < -0.39 is 0 Å². The highest BCUT2D eigenvalue weighted by atomic mass is 32.1. The van der Waals surface area contributed by atoms with Crippen LogP contribution in [0.3, 0.4) is 0 Å². The Kier molecular flexibility index (Phi) is 5.28. The van der Waals surface area contributed by atoms with E-state index in [1.54, 1.807) is 0 Å². The quantitative estimate of drug-likeness (QED) is 0.603. The van der Waals surface area contributed by atoms with Crippen molar-refractivity contribution in [3.63, 3.8) is 0 Å². The monoisotopic (exact) mass is 302 g/mol. The minimum absolute atomic E-state index is 0.407. The molecule has 1 unspecified atom stereocenters. The Bertz CT molecular complexity index is 557. The van der Waals surface area contributed by atoms with Gasteiger partial charge in [-0.25, -0.2) is 0 Å². The van der Waals surface area contributed by atoms with Gasteiger partial charge >= 0.3 is 0 Å². The molecule has 0 spiro atoms. The number of rotatable bonds is 6. The molecule has 114 valence electrons. The van der Waals surface area contributed by atoms with Crippen LogP contribution in [0.5, 0.6) is 0 Å². The Labute approximate surface area is 131 Å². The van der Waals surface area contributed by atoms with Crippen LogP contribution in [-0.4, -0.2) is 6.04 Å². The molecule has 0 aliphatic heterocycles. The summed E-state index contributed by atoms with van der Waals surface area (Å²) < 4.78 is 1.38. The number of hydrazine groups is 1. The summed E-state index contributed by atoms with van der Waals surface area (Å²) in [5.74, 6) is 6.74. The molecule has 0 radical (unpaired) electrons. The van der Waals surface area contributed by atoms with Crippen molar-refractivity contribution in [2.24, 2.45) is 11.8 Å². The molecule has 3 rings (SSSR count). The van der Waals surface area contributed by atoms with Gasteiger partial charge in [-0.05, 0) is 47.6 Å². The van der Waals surface area contributed by atoms with Crippen molar-refractivity contribution in [1.29, 1.82) is 0 Å². The first kappa shape index (κ1) is 15.0. The van der Waals surface area contributed by atoms with Gasteiger partial charge < -0.3 is 0 Å². The van der Waals surface area contributed by atoms with Gasteiger partial charge in [-0.2, -0.15) is 0 Å². The van der Waals surface area contributed by atoms with E-state index in [-0.39, 0.29) is 0 Å². The third-order valence-electron chi connectivity index (χ3n) is 4.91. The van der Waals surface area contributed by atoms with Crippen molar-refractivity contribution >= 4 is 21.4 Å². The second-order valence-electron chi connectivity index (χ2n) is 6.41. The highest BCUT2D eigenvalue weighted by Gasteiger charge is 2.17. The lowest BCUT2D eigenvalue weighted by Crippen LogP contribution is -2.37. The summed E-state index contributed by atoms with van der Waals surface area (Å²) in [7, 11) is 0. The summed E-state index contributed by atoms with van der Waals surface area (Å²) in [6, 6.07) is 9.09. The lowest BCUT2D eigenvalue weighted by Gasteiger charge is -2.24. The molecular formula is C18H26N2S.